The second-order valence-electron chi connectivity index (χ2n) is 3.48. The molecule has 0 aliphatic heterocycles. The number of pyridine rings is 1. The third-order valence-electron chi connectivity index (χ3n) is 2.05. The van der Waals surface area contributed by atoms with E-state index in [1.165, 1.54) is 6.20 Å². The van der Waals surface area contributed by atoms with E-state index in [9.17, 15) is 4.79 Å². The number of carboxylic acids is 1. The van der Waals surface area contributed by atoms with E-state index in [4.69, 9.17) is 16.6 Å². The van der Waals surface area contributed by atoms with Crippen LogP contribution in [0.2, 0.25) is 0 Å². The summed E-state index contributed by atoms with van der Waals surface area (Å²) in [5.41, 5.74) is 12.2. The van der Waals surface area contributed by atoms with E-state index in [-0.39, 0.29) is 6.42 Å². The molecular formula is C10H16N4O2. The Labute approximate surface area is 93.7 Å². The average Bonchev–Trinajstić information content (AvgIpc) is 2.20. The molecule has 0 bridgehead atoms. The maximum atomic E-state index is 10.3. The van der Waals surface area contributed by atoms with Crippen molar-refractivity contribution in [1.82, 2.24) is 4.98 Å². The van der Waals surface area contributed by atoms with Gasteiger partial charge in [0.2, 0.25) is 0 Å². The molecule has 0 aliphatic carbocycles. The van der Waals surface area contributed by atoms with Crippen molar-refractivity contribution < 1.29 is 9.90 Å². The molecule has 1 aromatic heterocycles. The van der Waals surface area contributed by atoms with Gasteiger partial charge in [-0.15, -0.1) is 0 Å². The van der Waals surface area contributed by atoms with Crippen molar-refractivity contribution >= 4 is 23.2 Å². The van der Waals surface area contributed by atoms with Gasteiger partial charge >= 0.3 is 5.97 Å². The van der Waals surface area contributed by atoms with Crippen molar-refractivity contribution in [3.05, 3.63) is 12.3 Å². The predicted octanol–water partition coefficient (Wildman–Crippen LogP) is 0.913. The van der Waals surface area contributed by atoms with Crippen LogP contribution in [0.4, 0.5) is 17.2 Å². The lowest BCUT2D eigenvalue weighted by molar-refractivity contribution is -0.137. The topological polar surface area (TPSA) is 114 Å². The highest BCUT2D eigenvalue weighted by Gasteiger charge is 2.01. The SMILES string of the molecule is Nc1cnc(NCCCCC(=O)O)c(N)c1. The molecule has 0 unspecified atom stereocenters. The van der Waals surface area contributed by atoms with E-state index >= 15 is 0 Å². The lowest BCUT2D eigenvalue weighted by atomic mass is 10.2. The minimum atomic E-state index is -0.773. The lowest BCUT2D eigenvalue weighted by Crippen LogP contribution is -2.07. The molecule has 0 spiro atoms. The number of nitrogen functional groups attached to an aromatic ring is 2. The van der Waals surface area contributed by atoms with Gasteiger partial charge in [0.1, 0.15) is 5.82 Å². The smallest absolute Gasteiger partial charge is 0.303 e. The number of nitrogens with two attached hydrogens (primary N) is 2. The van der Waals surface area contributed by atoms with E-state index < -0.39 is 5.97 Å². The number of aliphatic carboxylic acids is 1. The van der Waals surface area contributed by atoms with Crippen LogP contribution in [0.3, 0.4) is 0 Å². The monoisotopic (exact) mass is 224 g/mol. The van der Waals surface area contributed by atoms with Gasteiger partial charge in [0.15, 0.2) is 0 Å². The van der Waals surface area contributed by atoms with Crippen LogP contribution in [0.1, 0.15) is 19.3 Å². The second-order valence-corrected chi connectivity index (χ2v) is 3.48. The molecule has 0 fully saturated rings. The normalized spacial score (nSPS) is 10.0. The van der Waals surface area contributed by atoms with Crippen molar-refractivity contribution in [2.75, 3.05) is 23.3 Å². The van der Waals surface area contributed by atoms with Crippen molar-refractivity contribution in [2.24, 2.45) is 0 Å². The van der Waals surface area contributed by atoms with Gasteiger partial charge in [-0.3, -0.25) is 4.79 Å². The lowest BCUT2D eigenvalue weighted by Gasteiger charge is -2.07. The average molecular weight is 224 g/mol. The fourth-order valence-electron chi connectivity index (χ4n) is 1.25. The Balaban J connectivity index is 2.29. The van der Waals surface area contributed by atoms with Crippen LogP contribution in [0, 0.1) is 0 Å². The van der Waals surface area contributed by atoms with Gasteiger partial charge in [-0.25, -0.2) is 4.98 Å². The van der Waals surface area contributed by atoms with Gasteiger partial charge in [-0.05, 0) is 18.9 Å². The van der Waals surface area contributed by atoms with E-state index in [0.29, 0.717) is 30.2 Å². The van der Waals surface area contributed by atoms with Crippen LogP contribution in [0.15, 0.2) is 12.3 Å². The molecule has 0 saturated carbocycles. The zero-order valence-corrected chi connectivity index (χ0v) is 8.94. The van der Waals surface area contributed by atoms with Crippen molar-refractivity contribution in [3.63, 3.8) is 0 Å². The van der Waals surface area contributed by atoms with Gasteiger partial charge in [0.25, 0.3) is 0 Å². The molecule has 1 heterocycles. The largest absolute Gasteiger partial charge is 0.481 e. The summed E-state index contributed by atoms with van der Waals surface area (Å²) in [6.07, 6.45) is 3.11. The Bertz CT molecular complexity index is 368. The van der Waals surface area contributed by atoms with Gasteiger partial charge in [-0.1, -0.05) is 0 Å². The summed E-state index contributed by atoms with van der Waals surface area (Å²) in [7, 11) is 0. The summed E-state index contributed by atoms with van der Waals surface area (Å²) in [5.74, 6) is -0.186. The van der Waals surface area contributed by atoms with Crippen LogP contribution in [-0.4, -0.2) is 22.6 Å². The standard InChI is InChI=1S/C10H16N4O2/c11-7-5-8(12)10(14-6-7)13-4-2-1-3-9(15)16/h5-6H,1-4,11-12H2,(H,13,14)(H,15,16). The van der Waals surface area contributed by atoms with Crippen molar-refractivity contribution in [2.45, 2.75) is 19.3 Å². The highest BCUT2D eigenvalue weighted by atomic mass is 16.4. The molecule has 6 nitrogen and oxygen atoms in total. The zero-order chi connectivity index (χ0) is 12.0. The molecule has 1 aromatic rings. The molecule has 0 amide bonds. The van der Waals surface area contributed by atoms with E-state index in [1.54, 1.807) is 6.07 Å². The minimum absolute atomic E-state index is 0.187. The first kappa shape index (κ1) is 12.1. The highest BCUT2D eigenvalue weighted by molar-refractivity contribution is 5.66. The fourth-order valence-corrected chi connectivity index (χ4v) is 1.25. The predicted molar refractivity (Wildman–Crippen MR) is 63.0 cm³/mol. The second kappa shape index (κ2) is 5.79. The Morgan fingerprint density at radius 2 is 2.19 bits per heavy atom. The third-order valence-corrected chi connectivity index (χ3v) is 2.05. The number of hydrogen-bond donors (Lipinski definition) is 4. The number of nitrogens with zero attached hydrogens (tertiary/aromatic N) is 1. The molecule has 0 aromatic carbocycles. The highest BCUT2D eigenvalue weighted by Crippen LogP contribution is 2.17. The molecule has 6 heteroatoms. The van der Waals surface area contributed by atoms with Crippen LogP contribution in [0.25, 0.3) is 0 Å². The number of rotatable bonds is 6. The number of carboxylic acid groups (broad SMARTS) is 1. The zero-order valence-electron chi connectivity index (χ0n) is 8.94. The molecule has 0 atom stereocenters. The summed E-state index contributed by atoms with van der Waals surface area (Å²) < 4.78 is 0. The van der Waals surface area contributed by atoms with Gasteiger partial charge < -0.3 is 21.9 Å². The quantitative estimate of drug-likeness (QED) is 0.534. The van der Waals surface area contributed by atoms with Gasteiger partial charge in [0, 0.05) is 13.0 Å². The molecule has 1 rings (SSSR count). The summed E-state index contributed by atoms with van der Waals surface area (Å²) in [5, 5.41) is 11.5. The number of aromatic nitrogens is 1. The molecule has 0 saturated heterocycles. The number of anilines is 3. The van der Waals surface area contributed by atoms with E-state index in [1.807, 2.05) is 0 Å². The van der Waals surface area contributed by atoms with Crippen LogP contribution < -0.4 is 16.8 Å². The van der Waals surface area contributed by atoms with Gasteiger partial charge in [-0.2, -0.15) is 0 Å². The van der Waals surface area contributed by atoms with Crippen LogP contribution in [-0.2, 0) is 4.79 Å². The Morgan fingerprint density at radius 1 is 1.44 bits per heavy atom. The van der Waals surface area contributed by atoms with E-state index in [0.717, 1.165) is 6.42 Å². The van der Waals surface area contributed by atoms with Crippen LogP contribution in [0.5, 0.6) is 0 Å². The third kappa shape index (κ3) is 4.04. The number of carbonyl (C=O) groups is 1. The van der Waals surface area contributed by atoms with Crippen molar-refractivity contribution in [1.29, 1.82) is 0 Å². The molecule has 0 radical (unpaired) electrons. The molecule has 6 N–H and O–H groups in total. The Morgan fingerprint density at radius 3 is 2.81 bits per heavy atom. The molecule has 0 aliphatic rings. The summed E-state index contributed by atoms with van der Waals surface area (Å²) >= 11 is 0. The minimum Gasteiger partial charge on any atom is -0.481 e. The number of hydrogen-bond acceptors (Lipinski definition) is 5. The first-order chi connectivity index (χ1) is 7.59. The van der Waals surface area contributed by atoms with Gasteiger partial charge in [0.05, 0.1) is 17.6 Å². The maximum Gasteiger partial charge on any atom is 0.303 e. The van der Waals surface area contributed by atoms with E-state index in [2.05, 4.69) is 10.3 Å². The molecular weight excluding hydrogens is 208 g/mol. The number of unbranched alkanes of at least 4 members (excludes halogenated alkanes) is 1. The summed E-state index contributed by atoms with van der Waals surface area (Å²) in [4.78, 5) is 14.3. The number of nitrogens with one attached hydrogen (secondary N) is 1. The first-order valence-corrected chi connectivity index (χ1v) is 5.06. The van der Waals surface area contributed by atoms with Crippen LogP contribution >= 0.6 is 0 Å². The Kier molecular flexibility index (Phi) is 4.38. The molecule has 16 heavy (non-hydrogen) atoms. The molecule has 88 valence electrons. The maximum absolute atomic E-state index is 10.3. The Hall–Kier alpha value is -1.98. The fraction of sp³-hybridized carbons (Fsp3) is 0.400. The summed E-state index contributed by atoms with van der Waals surface area (Å²) in [6, 6.07) is 1.63. The summed E-state index contributed by atoms with van der Waals surface area (Å²) in [6.45, 7) is 0.647. The van der Waals surface area contributed by atoms with Crippen molar-refractivity contribution in [3.8, 4) is 0 Å². The first-order valence-electron chi connectivity index (χ1n) is 5.06.